The van der Waals surface area contributed by atoms with Crippen LogP contribution in [0, 0.1) is 7.40 Å². The highest BCUT2D eigenvalue weighted by atomic mass is 127. The molecule has 0 aliphatic rings. The van der Waals surface area contributed by atoms with Crippen LogP contribution in [-0.4, -0.2) is 15.0 Å². The molecule has 2 aromatic rings. The Hall–Kier alpha value is -0.310. The second-order valence-corrected chi connectivity index (χ2v) is 4.78. The topological polar surface area (TPSA) is 38.7 Å². The highest BCUT2D eigenvalue weighted by Crippen LogP contribution is 2.16. The van der Waals surface area contributed by atoms with Gasteiger partial charge in [0, 0.05) is 24.0 Å². The summed E-state index contributed by atoms with van der Waals surface area (Å²) in [6.07, 6.45) is 3.48. The third-order valence-electron chi connectivity index (χ3n) is 1.60. The summed E-state index contributed by atoms with van der Waals surface area (Å²) in [5.74, 6) is 0.753. The number of hydrogen-bond donors (Lipinski definition) is 0. The van der Waals surface area contributed by atoms with Crippen LogP contribution in [0.5, 0.6) is 0 Å². The fourth-order valence-electron chi connectivity index (χ4n) is 1.02. The summed E-state index contributed by atoms with van der Waals surface area (Å²) in [5.41, 5.74) is 0.997. The Kier molecular flexibility index (Phi) is 3.26. The molecule has 0 aliphatic carbocycles. The largest absolute Gasteiger partial charge is 0.265 e. The second kappa shape index (κ2) is 4.47. The molecule has 0 fully saturated rings. The van der Waals surface area contributed by atoms with E-state index in [1.807, 2.05) is 18.2 Å². The van der Waals surface area contributed by atoms with Crippen molar-refractivity contribution in [1.29, 1.82) is 0 Å². The van der Waals surface area contributed by atoms with Crippen molar-refractivity contribution in [3.05, 3.63) is 38.0 Å². The normalized spacial score (nSPS) is 10.1. The molecule has 2 heterocycles. The number of halogens is 2. The van der Waals surface area contributed by atoms with Crippen molar-refractivity contribution in [2.75, 3.05) is 0 Å². The lowest BCUT2D eigenvalue weighted by molar-refractivity contribution is 1.11. The molecular weight excluding hydrogens is 404 g/mol. The van der Waals surface area contributed by atoms with E-state index in [0.717, 1.165) is 18.8 Å². The molecule has 5 heteroatoms. The minimum Gasteiger partial charge on any atom is -0.265 e. The quantitative estimate of drug-likeness (QED) is 0.538. The second-order valence-electron chi connectivity index (χ2n) is 2.57. The van der Waals surface area contributed by atoms with Gasteiger partial charge in [-0.05, 0) is 57.3 Å². The van der Waals surface area contributed by atoms with Gasteiger partial charge in [0.05, 0.1) is 0 Å². The summed E-state index contributed by atoms with van der Waals surface area (Å²) < 4.78 is 1.91. The van der Waals surface area contributed by atoms with Crippen molar-refractivity contribution in [1.82, 2.24) is 15.0 Å². The Morgan fingerprint density at radius 2 is 1.50 bits per heavy atom. The maximum absolute atomic E-state index is 4.35. The Morgan fingerprint density at radius 1 is 0.929 bits per heavy atom. The first kappa shape index (κ1) is 10.2. The van der Waals surface area contributed by atoms with Crippen molar-refractivity contribution in [2.45, 2.75) is 0 Å². The number of nitrogens with zero attached hydrogens (tertiary/aromatic N) is 3. The summed E-state index contributed by atoms with van der Waals surface area (Å²) in [6, 6.07) is 5.74. The van der Waals surface area contributed by atoms with E-state index in [2.05, 4.69) is 60.1 Å². The summed E-state index contributed by atoms with van der Waals surface area (Å²) in [5, 5.41) is 0. The van der Waals surface area contributed by atoms with Gasteiger partial charge >= 0.3 is 0 Å². The molecule has 2 rings (SSSR count). The lowest BCUT2D eigenvalue weighted by Crippen LogP contribution is -1.93. The van der Waals surface area contributed by atoms with Gasteiger partial charge in [-0.2, -0.15) is 0 Å². The maximum atomic E-state index is 4.35. The molecule has 0 aliphatic heterocycles. The Bertz CT molecular complexity index is 425. The predicted molar refractivity (Wildman–Crippen MR) is 70.7 cm³/mol. The van der Waals surface area contributed by atoms with Crippen molar-refractivity contribution in [2.24, 2.45) is 0 Å². The summed E-state index contributed by atoms with van der Waals surface area (Å²) in [4.78, 5) is 12.7. The van der Waals surface area contributed by atoms with Crippen LogP contribution in [0.1, 0.15) is 0 Å². The zero-order valence-corrected chi connectivity index (χ0v) is 11.3. The van der Waals surface area contributed by atoms with E-state index < -0.39 is 0 Å². The van der Waals surface area contributed by atoms with E-state index in [1.54, 1.807) is 12.4 Å². The van der Waals surface area contributed by atoms with Gasteiger partial charge in [-0.15, -0.1) is 0 Å². The van der Waals surface area contributed by atoms with Crippen molar-refractivity contribution >= 4 is 45.2 Å². The fourth-order valence-corrected chi connectivity index (χ4v) is 2.66. The Morgan fingerprint density at radius 3 is 2.07 bits per heavy atom. The lowest BCUT2D eigenvalue weighted by Gasteiger charge is -2.00. The third kappa shape index (κ3) is 2.38. The van der Waals surface area contributed by atoms with Gasteiger partial charge in [0.15, 0.2) is 5.82 Å². The van der Waals surface area contributed by atoms with Crippen LogP contribution in [0.15, 0.2) is 30.6 Å². The van der Waals surface area contributed by atoms with Crippen LogP contribution in [0.4, 0.5) is 0 Å². The van der Waals surface area contributed by atoms with E-state index in [-0.39, 0.29) is 0 Å². The number of aromatic nitrogens is 3. The van der Waals surface area contributed by atoms with Crippen LogP contribution in [-0.2, 0) is 0 Å². The molecule has 0 radical (unpaired) electrons. The molecule has 70 valence electrons. The molecular formula is C9H5I2N3. The summed E-state index contributed by atoms with van der Waals surface area (Å²) in [6.45, 7) is 0. The molecule has 14 heavy (non-hydrogen) atoms. The molecule has 0 atom stereocenters. The van der Waals surface area contributed by atoms with Gasteiger partial charge in [-0.3, -0.25) is 4.98 Å². The number of pyridine rings is 1. The van der Waals surface area contributed by atoms with E-state index in [0.29, 0.717) is 0 Å². The van der Waals surface area contributed by atoms with E-state index >= 15 is 0 Å². The van der Waals surface area contributed by atoms with Crippen LogP contribution >= 0.6 is 45.2 Å². The summed E-state index contributed by atoms with van der Waals surface area (Å²) in [7, 11) is 0. The summed E-state index contributed by atoms with van der Waals surface area (Å²) >= 11 is 4.37. The van der Waals surface area contributed by atoms with Gasteiger partial charge < -0.3 is 0 Å². The molecule has 0 unspecified atom stereocenters. The molecule has 0 saturated carbocycles. The number of rotatable bonds is 1. The smallest absolute Gasteiger partial charge is 0.161 e. The van der Waals surface area contributed by atoms with Gasteiger partial charge in [0.25, 0.3) is 0 Å². The SMILES string of the molecule is Ic1cc(I)nc(-c2ccncc2)n1. The number of hydrogen-bond acceptors (Lipinski definition) is 3. The molecule has 0 spiro atoms. The molecule has 0 N–H and O–H groups in total. The van der Waals surface area contributed by atoms with Gasteiger partial charge in [0.2, 0.25) is 0 Å². The molecule has 0 bridgehead atoms. The van der Waals surface area contributed by atoms with Crippen molar-refractivity contribution in [3.8, 4) is 11.4 Å². The first-order valence-electron chi connectivity index (χ1n) is 3.86. The zero-order valence-electron chi connectivity index (χ0n) is 6.98. The van der Waals surface area contributed by atoms with Gasteiger partial charge in [-0.25, -0.2) is 9.97 Å². The Labute approximate surface area is 109 Å². The molecule has 0 amide bonds. The van der Waals surface area contributed by atoms with E-state index in [9.17, 15) is 0 Å². The highest BCUT2D eigenvalue weighted by Gasteiger charge is 2.02. The average molecular weight is 409 g/mol. The molecule has 2 aromatic heterocycles. The van der Waals surface area contributed by atoms with Crippen molar-refractivity contribution < 1.29 is 0 Å². The van der Waals surface area contributed by atoms with Crippen molar-refractivity contribution in [3.63, 3.8) is 0 Å². The van der Waals surface area contributed by atoms with Crippen LogP contribution in [0.2, 0.25) is 0 Å². The first-order valence-corrected chi connectivity index (χ1v) is 6.02. The van der Waals surface area contributed by atoms with Crippen LogP contribution < -0.4 is 0 Å². The highest BCUT2D eigenvalue weighted by molar-refractivity contribution is 14.1. The monoisotopic (exact) mass is 409 g/mol. The maximum Gasteiger partial charge on any atom is 0.161 e. The molecule has 3 nitrogen and oxygen atoms in total. The predicted octanol–water partition coefficient (Wildman–Crippen LogP) is 2.75. The fraction of sp³-hybridized carbons (Fsp3) is 0. The minimum absolute atomic E-state index is 0.753. The average Bonchev–Trinajstić information content (AvgIpc) is 2.18. The van der Waals surface area contributed by atoms with E-state index in [4.69, 9.17) is 0 Å². The molecule has 0 saturated heterocycles. The van der Waals surface area contributed by atoms with Crippen LogP contribution in [0.3, 0.4) is 0 Å². The van der Waals surface area contributed by atoms with Crippen LogP contribution in [0.25, 0.3) is 11.4 Å². The third-order valence-corrected chi connectivity index (χ3v) is 2.71. The zero-order chi connectivity index (χ0) is 9.97. The molecule has 0 aromatic carbocycles. The van der Waals surface area contributed by atoms with Gasteiger partial charge in [-0.1, -0.05) is 0 Å². The van der Waals surface area contributed by atoms with Gasteiger partial charge in [0.1, 0.15) is 7.40 Å². The Balaban J connectivity index is 2.52. The lowest BCUT2D eigenvalue weighted by atomic mass is 10.2. The standard InChI is InChI=1S/C9H5I2N3/c10-7-5-8(11)14-9(13-7)6-1-3-12-4-2-6/h1-5H. The van der Waals surface area contributed by atoms with E-state index in [1.165, 1.54) is 0 Å². The first-order chi connectivity index (χ1) is 6.75. The minimum atomic E-state index is 0.753.